The summed E-state index contributed by atoms with van der Waals surface area (Å²) in [6.45, 7) is 8.18. The van der Waals surface area contributed by atoms with Crippen molar-refractivity contribution in [3.63, 3.8) is 0 Å². The van der Waals surface area contributed by atoms with E-state index in [0.717, 1.165) is 17.5 Å². The standard InChI is InChI=1S/C20H23F/c1-5-15(4)18-9-6-16(7-10-18)12-17-8-11-19(14(2)3)20(21)13-17/h5-11,13-14H,12H2,1-4H3. The van der Waals surface area contributed by atoms with Crippen LogP contribution in [0.5, 0.6) is 0 Å². The fraction of sp³-hybridized carbons (Fsp3) is 0.300. The molecule has 0 N–H and O–H groups in total. The summed E-state index contributed by atoms with van der Waals surface area (Å²) in [5.74, 6) is 0.131. The molecule has 0 fully saturated rings. The molecule has 0 bridgehead atoms. The lowest BCUT2D eigenvalue weighted by Gasteiger charge is -2.09. The van der Waals surface area contributed by atoms with Gasteiger partial charge >= 0.3 is 0 Å². The van der Waals surface area contributed by atoms with Crippen LogP contribution in [-0.4, -0.2) is 0 Å². The molecule has 0 nitrogen and oxygen atoms in total. The first-order valence-corrected chi connectivity index (χ1v) is 7.51. The lowest BCUT2D eigenvalue weighted by atomic mass is 9.97. The van der Waals surface area contributed by atoms with E-state index in [1.807, 2.05) is 32.9 Å². The molecular formula is C20H23F. The van der Waals surface area contributed by atoms with Crippen molar-refractivity contribution in [2.75, 3.05) is 0 Å². The second-order valence-corrected chi connectivity index (χ2v) is 5.86. The van der Waals surface area contributed by atoms with Crippen molar-refractivity contribution in [1.29, 1.82) is 0 Å². The minimum absolute atomic E-state index is 0.0936. The van der Waals surface area contributed by atoms with Gasteiger partial charge in [-0.1, -0.05) is 56.3 Å². The van der Waals surface area contributed by atoms with Gasteiger partial charge in [-0.3, -0.25) is 0 Å². The molecule has 0 aliphatic heterocycles. The SMILES string of the molecule is CC=C(C)c1ccc(Cc2ccc(C(C)C)c(F)c2)cc1. The molecule has 2 aromatic rings. The molecule has 0 spiro atoms. The van der Waals surface area contributed by atoms with E-state index >= 15 is 0 Å². The molecule has 0 atom stereocenters. The monoisotopic (exact) mass is 282 g/mol. The van der Waals surface area contributed by atoms with Gasteiger partial charge in [0.05, 0.1) is 0 Å². The second kappa shape index (κ2) is 6.71. The van der Waals surface area contributed by atoms with Gasteiger partial charge in [0.25, 0.3) is 0 Å². The van der Waals surface area contributed by atoms with Crippen molar-refractivity contribution in [1.82, 2.24) is 0 Å². The Morgan fingerprint density at radius 2 is 1.67 bits per heavy atom. The normalized spacial score (nSPS) is 12.0. The molecular weight excluding hydrogens is 259 g/mol. The van der Waals surface area contributed by atoms with Gasteiger partial charge in [0.15, 0.2) is 0 Å². The molecule has 0 aliphatic rings. The number of rotatable bonds is 4. The smallest absolute Gasteiger partial charge is 0.126 e. The molecule has 0 unspecified atom stereocenters. The summed E-state index contributed by atoms with van der Waals surface area (Å²) in [6.07, 6.45) is 2.87. The molecule has 2 aromatic carbocycles. The number of benzene rings is 2. The topological polar surface area (TPSA) is 0 Å². The van der Waals surface area contributed by atoms with Crippen LogP contribution in [0.3, 0.4) is 0 Å². The number of halogens is 1. The van der Waals surface area contributed by atoms with Crippen molar-refractivity contribution < 1.29 is 4.39 Å². The van der Waals surface area contributed by atoms with Crippen LogP contribution in [0.25, 0.3) is 5.57 Å². The molecule has 0 saturated heterocycles. The van der Waals surface area contributed by atoms with Gasteiger partial charge in [0, 0.05) is 0 Å². The van der Waals surface area contributed by atoms with Gasteiger partial charge in [0.2, 0.25) is 0 Å². The van der Waals surface area contributed by atoms with E-state index < -0.39 is 0 Å². The third-order valence-corrected chi connectivity index (χ3v) is 3.94. The molecule has 0 amide bonds. The van der Waals surface area contributed by atoms with E-state index in [-0.39, 0.29) is 11.7 Å². The molecule has 2 rings (SSSR count). The summed E-state index contributed by atoms with van der Waals surface area (Å²) in [5.41, 5.74) is 5.53. The Kier molecular flexibility index (Phi) is 4.95. The van der Waals surface area contributed by atoms with Crippen LogP contribution in [0.2, 0.25) is 0 Å². The van der Waals surface area contributed by atoms with Crippen LogP contribution in [-0.2, 0) is 6.42 Å². The van der Waals surface area contributed by atoms with Gasteiger partial charge in [-0.05, 0) is 60.1 Å². The molecule has 0 heterocycles. The maximum absolute atomic E-state index is 14.0. The Morgan fingerprint density at radius 1 is 1.05 bits per heavy atom. The first kappa shape index (κ1) is 15.5. The Hall–Kier alpha value is -1.89. The van der Waals surface area contributed by atoms with Gasteiger partial charge < -0.3 is 0 Å². The second-order valence-electron chi connectivity index (χ2n) is 5.86. The zero-order valence-corrected chi connectivity index (χ0v) is 13.3. The van der Waals surface area contributed by atoms with E-state index in [1.54, 1.807) is 6.07 Å². The van der Waals surface area contributed by atoms with E-state index in [4.69, 9.17) is 0 Å². The van der Waals surface area contributed by atoms with Crippen LogP contribution in [0.1, 0.15) is 55.9 Å². The fourth-order valence-corrected chi connectivity index (χ4v) is 2.44. The number of allylic oxidation sites excluding steroid dienone is 2. The maximum Gasteiger partial charge on any atom is 0.126 e. The van der Waals surface area contributed by atoms with Gasteiger partial charge in [-0.15, -0.1) is 0 Å². The highest BCUT2D eigenvalue weighted by Gasteiger charge is 2.07. The third-order valence-electron chi connectivity index (χ3n) is 3.94. The highest BCUT2D eigenvalue weighted by molar-refractivity contribution is 5.63. The van der Waals surface area contributed by atoms with Crippen molar-refractivity contribution >= 4 is 5.57 Å². The largest absolute Gasteiger partial charge is 0.207 e. The minimum atomic E-state index is -0.0936. The number of hydrogen-bond acceptors (Lipinski definition) is 0. The summed E-state index contributed by atoms with van der Waals surface area (Å²) >= 11 is 0. The van der Waals surface area contributed by atoms with Crippen LogP contribution in [0.15, 0.2) is 48.5 Å². The molecule has 0 saturated carbocycles. The molecule has 21 heavy (non-hydrogen) atoms. The van der Waals surface area contributed by atoms with Crippen molar-refractivity contribution in [2.45, 2.75) is 40.0 Å². The Balaban J connectivity index is 2.17. The van der Waals surface area contributed by atoms with Crippen molar-refractivity contribution in [3.8, 4) is 0 Å². The summed E-state index contributed by atoms with van der Waals surface area (Å²) in [5, 5.41) is 0. The average molecular weight is 282 g/mol. The summed E-state index contributed by atoms with van der Waals surface area (Å²) in [7, 11) is 0. The lowest BCUT2D eigenvalue weighted by Crippen LogP contribution is -1.96. The predicted molar refractivity (Wildman–Crippen MR) is 89.1 cm³/mol. The predicted octanol–water partition coefficient (Wildman–Crippen LogP) is 5.96. The van der Waals surface area contributed by atoms with Crippen molar-refractivity contribution in [3.05, 3.63) is 76.6 Å². The van der Waals surface area contributed by atoms with Crippen LogP contribution in [0, 0.1) is 5.82 Å². The zero-order valence-electron chi connectivity index (χ0n) is 13.3. The Bertz CT molecular complexity index is 633. The zero-order chi connectivity index (χ0) is 15.4. The number of hydrogen-bond donors (Lipinski definition) is 0. The first-order chi connectivity index (χ1) is 10.0. The van der Waals surface area contributed by atoms with Crippen molar-refractivity contribution in [2.24, 2.45) is 0 Å². The summed E-state index contributed by atoms with van der Waals surface area (Å²) in [6, 6.07) is 14.1. The fourth-order valence-electron chi connectivity index (χ4n) is 2.44. The molecule has 0 aliphatic carbocycles. The Labute approximate surface area is 127 Å². The average Bonchev–Trinajstić information content (AvgIpc) is 2.47. The lowest BCUT2D eigenvalue weighted by molar-refractivity contribution is 0.596. The minimum Gasteiger partial charge on any atom is -0.207 e. The molecule has 1 heteroatoms. The van der Waals surface area contributed by atoms with E-state index in [2.05, 4.69) is 37.3 Å². The van der Waals surface area contributed by atoms with Crippen LogP contribution in [0.4, 0.5) is 4.39 Å². The quantitative estimate of drug-likeness (QED) is 0.648. The summed E-state index contributed by atoms with van der Waals surface area (Å²) in [4.78, 5) is 0. The molecule has 110 valence electrons. The van der Waals surface area contributed by atoms with E-state index in [0.29, 0.717) is 0 Å². The molecule has 0 aromatic heterocycles. The van der Waals surface area contributed by atoms with Gasteiger partial charge in [-0.25, -0.2) is 4.39 Å². The van der Waals surface area contributed by atoms with Gasteiger partial charge in [0.1, 0.15) is 5.82 Å². The third kappa shape index (κ3) is 3.81. The van der Waals surface area contributed by atoms with Crippen LogP contribution < -0.4 is 0 Å². The van der Waals surface area contributed by atoms with Crippen LogP contribution >= 0.6 is 0 Å². The maximum atomic E-state index is 14.0. The highest BCUT2D eigenvalue weighted by atomic mass is 19.1. The molecule has 0 radical (unpaired) electrons. The van der Waals surface area contributed by atoms with E-state index in [1.165, 1.54) is 16.7 Å². The van der Waals surface area contributed by atoms with Gasteiger partial charge in [-0.2, -0.15) is 0 Å². The summed E-state index contributed by atoms with van der Waals surface area (Å²) < 4.78 is 14.0. The highest BCUT2D eigenvalue weighted by Crippen LogP contribution is 2.21. The first-order valence-electron chi connectivity index (χ1n) is 7.51. The Morgan fingerprint density at radius 3 is 2.19 bits per heavy atom. The van der Waals surface area contributed by atoms with E-state index in [9.17, 15) is 4.39 Å².